The van der Waals surface area contributed by atoms with Crippen LogP contribution < -0.4 is 0 Å². The third-order valence-corrected chi connectivity index (χ3v) is 6.69. The first-order valence-electron chi connectivity index (χ1n) is 9.91. The molecule has 0 unspecified atom stereocenters. The number of carbonyl (C=O) groups is 2. The van der Waals surface area contributed by atoms with Crippen molar-refractivity contribution in [2.75, 3.05) is 46.3 Å². The van der Waals surface area contributed by atoms with Crippen LogP contribution in [-0.4, -0.2) is 77.8 Å². The first kappa shape index (κ1) is 16.8. The van der Waals surface area contributed by atoms with Gasteiger partial charge >= 0.3 is 0 Å². The van der Waals surface area contributed by atoms with Crippen LogP contribution in [0.5, 0.6) is 0 Å². The summed E-state index contributed by atoms with van der Waals surface area (Å²) in [6.45, 7) is 4.60. The summed E-state index contributed by atoms with van der Waals surface area (Å²) in [5, 5.41) is 1.10. The molecule has 2 atom stereocenters. The van der Waals surface area contributed by atoms with Crippen LogP contribution in [0.25, 0.3) is 10.9 Å². The fourth-order valence-electron chi connectivity index (χ4n) is 5.37. The Morgan fingerprint density at radius 3 is 2.70 bits per heavy atom. The van der Waals surface area contributed by atoms with Crippen LogP contribution in [0.4, 0.5) is 0 Å². The number of hydrogen-bond donors (Lipinski definition) is 1. The van der Waals surface area contributed by atoms with Gasteiger partial charge in [0.25, 0.3) is 5.91 Å². The molecule has 0 spiro atoms. The van der Waals surface area contributed by atoms with E-state index >= 15 is 0 Å². The Balaban J connectivity index is 1.42. The smallest absolute Gasteiger partial charge is 0.253 e. The van der Waals surface area contributed by atoms with Gasteiger partial charge in [0, 0.05) is 62.5 Å². The average Bonchev–Trinajstić information content (AvgIpc) is 3.42. The number of nitrogens with one attached hydrogen (secondary N) is 1. The number of carbonyl (C=O) groups excluding carboxylic acids is 2. The van der Waals surface area contributed by atoms with Crippen molar-refractivity contribution in [3.8, 4) is 0 Å². The molecule has 3 aliphatic heterocycles. The lowest BCUT2D eigenvalue weighted by Gasteiger charge is -2.32. The van der Waals surface area contributed by atoms with E-state index in [1.54, 1.807) is 0 Å². The molecule has 2 aromatic rings. The first-order valence-corrected chi connectivity index (χ1v) is 9.91. The molecular formula is C21H26N4O2. The van der Waals surface area contributed by atoms with Crippen LogP contribution in [-0.2, 0) is 4.79 Å². The number of hydrogen-bond acceptors (Lipinski definition) is 3. The van der Waals surface area contributed by atoms with Crippen molar-refractivity contribution in [1.82, 2.24) is 19.7 Å². The highest BCUT2D eigenvalue weighted by atomic mass is 16.2. The maximum Gasteiger partial charge on any atom is 0.253 e. The summed E-state index contributed by atoms with van der Waals surface area (Å²) in [6.07, 6.45) is 4.08. The van der Waals surface area contributed by atoms with Crippen LogP contribution in [0.2, 0.25) is 0 Å². The number of fused-ring (bicyclic) bond motifs is 2. The predicted octanol–water partition coefficient (Wildman–Crippen LogP) is 1.79. The molecule has 0 aliphatic carbocycles. The number of benzene rings is 1. The molecule has 0 radical (unpaired) electrons. The Hall–Kier alpha value is -2.34. The van der Waals surface area contributed by atoms with Gasteiger partial charge in [-0.2, -0.15) is 0 Å². The lowest BCUT2D eigenvalue weighted by atomic mass is 9.79. The molecular weight excluding hydrogens is 340 g/mol. The third kappa shape index (κ3) is 2.57. The number of nitrogens with zero attached hydrogens (tertiary/aromatic N) is 3. The van der Waals surface area contributed by atoms with Gasteiger partial charge in [-0.15, -0.1) is 0 Å². The van der Waals surface area contributed by atoms with Gasteiger partial charge in [-0.25, -0.2) is 0 Å². The molecule has 5 rings (SSSR count). The number of rotatable bonds is 2. The summed E-state index contributed by atoms with van der Waals surface area (Å²) in [6, 6.07) is 7.80. The zero-order valence-corrected chi connectivity index (χ0v) is 15.8. The number of amides is 2. The molecule has 3 fully saturated rings. The van der Waals surface area contributed by atoms with Crippen molar-refractivity contribution in [2.24, 2.45) is 11.3 Å². The largest absolute Gasteiger partial charge is 0.361 e. The summed E-state index contributed by atoms with van der Waals surface area (Å²) >= 11 is 0. The Morgan fingerprint density at radius 2 is 1.89 bits per heavy atom. The molecule has 6 nitrogen and oxygen atoms in total. The molecule has 3 aliphatic rings. The van der Waals surface area contributed by atoms with E-state index in [9.17, 15) is 9.59 Å². The van der Waals surface area contributed by atoms with Crippen LogP contribution in [0.15, 0.2) is 30.5 Å². The van der Waals surface area contributed by atoms with Gasteiger partial charge in [0.05, 0.1) is 5.41 Å². The summed E-state index contributed by atoms with van der Waals surface area (Å²) in [5.41, 5.74) is 1.25. The highest BCUT2D eigenvalue weighted by Gasteiger charge is 2.58. The third-order valence-electron chi connectivity index (χ3n) is 6.69. The Labute approximate surface area is 159 Å². The fraction of sp³-hybridized carbons (Fsp3) is 0.524. The van der Waals surface area contributed by atoms with Gasteiger partial charge in [0.1, 0.15) is 0 Å². The highest BCUT2D eigenvalue weighted by molar-refractivity contribution is 5.99. The SMILES string of the molecule is CN1C[C@H]2CN(C(=O)c3ccc4cc[nH]c4c3)C[C@@]2(C(=O)N2CCCC2)C1. The predicted molar refractivity (Wildman–Crippen MR) is 103 cm³/mol. The molecule has 4 heterocycles. The minimum Gasteiger partial charge on any atom is -0.361 e. The highest BCUT2D eigenvalue weighted by Crippen LogP contribution is 2.44. The van der Waals surface area contributed by atoms with Gasteiger partial charge < -0.3 is 19.7 Å². The Kier molecular flexibility index (Phi) is 3.79. The minimum atomic E-state index is -0.425. The maximum atomic E-state index is 13.4. The molecule has 1 N–H and O–H groups in total. The van der Waals surface area contributed by atoms with E-state index in [1.165, 1.54) is 0 Å². The van der Waals surface area contributed by atoms with E-state index in [2.05, 4.69) is 16.9 Å². The number of H-pyrrole nitrogens is 1. The minimum absolute atomic E-state index is 0.0390. The van der Waals surface area contributed by atoms with E-state index in [1.807, 2.05) is 40.3 Å². The monoisotopic (exact) mass is 366 g/mol. The lowest BCUT2D eigenvalue weighted by Crippen LogP contribution is -2.48. The van der Waals surface area contributed by atoms with Crippen LogP contribution in [0, 0.1) is 11.3 Å². The molecule has 1 aromatic heterocycles. The Morgan fingerprint density at radius 1 is 1.07 bits per heavy atom. The fourth-order valence-corrected chi connectivity index (χ4v) is 5.37. The van der Waals surface area contributed by atoms with Gasteiger partial charge in [0.2, 0.25) is 5.91 Å². The van der Waals surface area contributed by atoms with Crippen LogP contribution >= 0.6 is 0 Å². The van der Waals surface area contributed by atoms with Gasteiger partial charge in [0.15, 0.2) is 0 Å². The van der Waals surface area contributed by atoms with Crippen molar-refractivity contribution >= 4 is 22.7 Å². The van der Waals surface area contributed by atoms with Crippen molar-refractivity contribution in [1.29, 1.82) is 0 Å². The summed E-state index contributed by atoms with van der Waals surface area (Å²) in [5.74, 6) is 0.537. The van der Waals surface area contributed by atoms with Gasteiger partial charge in [-0.05, 0) is 43.5 Å². The van der Waals surface area contributed by atoms with E-state index in [-0.39, 0.29) is 17.7 Å². The number of aromatic amines is 1. The number of likely N-dealkylation sites (tertiary alicyclic amines) is 3. The number of aromatic nitrogens is 1. The van der Waals surface area contributed by atoms with Crippen molar-refractivity contribution < 1.29 is 9.59 Å². The van der Waals surface area contributed by atoms with E-state index < -0.39 is 5.41 Å². The molecule has 1 aromatic carbocycles. The normalized spacial score (nSPS) is 28.3. The molecule has 6 heteroatoms. The quantitative estimate of drug-likeness (QED) is 0.882. The Bertz CT molecular complexity index is 900. The van der Waals surface area contributed by atoms with E-state index in [0.717, 1.165) is 49.9 Å². The van der Waals surface area contributed by atoms with Gasteiger partial charge in [-0.1, -0.05) is 6.07 Å². The second-order valence-electron chi connectivity index (χ2n) is 8.51. The van der Waals surface area contributed by atoms with Crippen molar-refractivity contribution in [3.05, 3.63) is 36.0 Å². The standard InChI is InChI=1S/C21H26N4O2/c1-23-11-17-12-25(14-21(17,13-23)20(27)24-8-2-3-9-24)19(26)16-5-4-15-6-7-22-18(15)10-16/h4-7,10,17,22H,2-3,8-9,11-14H2,1H3/t17-,21-/m0/s1. The van der Waals surface area contributed by atoms with Crippen LogP contribution in [0.3, 0.4) is 0 Å². The molecule has 0 saturated carbocycles. The topological polar surface area (TPSA) is 59.7 Å². The maximum absolute atomic E-state index is 13.4. The zero-order valence-electron chi connectivity index (χ0n) is 15.8. The van der Waals surface area contributed by atoms with E-state index in [0.29, 0.717) is 18.7 Å². The molecule has 2 amide bonds. The summed E-state index contributed by atoms with van der Waals surface area (Å²) in [7, 11) is 2.09. The summed E-state index contributed by atoms with van der Waals surface area (Å²) in [4.78, 5) is 36.0. The zero-order chi connectivity index (χ0) is 18.6. The molecule has 3 saturated heterocycles. The first-order chi connectivity index (χ1) is 13.1. The van der Waals surface area contributed by atoms with E-state index in [4.69, 9.17) is 0 Å². The molecule has 27 heavy (non-hydrogen) atoms. The average molecular weight is 366 g/mol. The van der Waals surface area contributed by atoms with Crippen molar-refractivity contribution in [2.45, 2.75) is 12.8 Å². The van der Waals surface area contributed by atoms with Crippen molar-refractivity contribution in [3.63, 3.8) is 0 Å². The lowest BCUT2D eigenvalue weighted by molar-refractivity contribution is -0.141. The van der Waals surface area contributed by atoms with Crippen LogP contribution in [0.1, 0.15) is 23.2 Å². The molecule has 0 bridgehead atoms. The summed E-state index contributed by atoms with van der Waals surface area (Å²) < 4.78 is 0. The van der Waals surface area contributed by atoms with Gasteiger partial charge in [-0.3, -0.25) is 9.59 Å². The molecule has 142 valence electrons. The second-order valence-corrected chi connectivity index (χ2v) is 8.51. The second kappa shape index (κ2) is 6.09.